The second kappa shape index (κ2) is 10.8. The third kappa shape index (κ3) is 4.09. The number of fused-ring (bicyclic) bond motifs is 7. The Labute approximate surface area is 274 Å². The molecule has 0 saturated carbocycles. The largest absolute Gasteiger partial charge is 0.456 e. The predicted molar refractivity (Wildman–Crippen MR) is 187 cm³/mol. The Kier molecular flexibility index (Phi) is 6.11. The first kappa shape index (κ1) is 27.2. The molecule has 0 radical (unpaired) electrons. The SMILES string of the molecule is N#Cc1c(-c2nc(-c3ccccc3)nc(-c3ccccc3)n2)ccc(-n2c3ccccc3c3c4c(ccc32)oc2ccccc24)c1C#N. The third-order valence-corrected chi connectivity index (χ3v) is 8.76. The van der Waals surface area contributed by atoms with E-state index < -0.39 is 0 Å². The normalized spacial score (nSPS) is 11.3. The predicted octanol–water partition coefficient (Wildman–Crippen LogP) is 9.61. The fourth-order valence-electron chi connectivity index (χ4n) is 6.66. The highest BCUT2D eigenvalue weighted by molar-refractivity contribution is 6.27. The fourth-order valence-corrected chi connectivity index (χ4v) is 6.66. The van der Waals surface area contributed by atoms with Crippen LogP contribution in [-0.4, -0.2) is 19.5 Å². The number of benzene rings is 6. The first-order valence-corrected chi connectivity index (χ1v) is 15.4. The van der Waals surface area contributed by atoms with Gasteiger partial charge in [-0.25, -0.2) is 15.0 Å². The van der Waals surface area contributed by atoms with Crippen LogP contribution in [0.25, 0.3) is 83.6 Å². The zero-order valence-corrected chi connectivity index (χ0v) is 25.3. The van der Waals surface area contributed by atoms with Gasteiger partial charge in [0.1, 0.15) is 23.3 Å². The Balaban J connectivity index is 1.32. The van der Waals surface area contributed by atoms with E-state index >= 15 is 0 Å². The molecule has 9 rings (SSSR count). The minimum atomic E-state index is 0.194. The quantitative estimate of drug-likeness (QED) is 0.195. The number of rotatable bonds is 4. The maximum atomic E-state index is 10.7. The molecule has 6 aromatic carbocycles. The molecule has 3 aromatic heterocycles. The van der Waals surface area contributed by atoms with Crippen LogP contribution < -0.4 is 0 Å². The Morgan fingerprint density at radius 2 is 1.08 bits per heavy atom. The van der Waals surface area contributed by atoms with Gasteiger partial charge in [-0.05, 0) is 36.4 Å². The lowest BCUT2D eigenvalue weighted by Crippen LogP contribution is -2.05. The van der Waals surface area contributed by atoms with Gasteiger partial charge in [0.15, 0.2) is 17.5 Å². The van der Waals surface area contributed by atoms with E-state index in [-0.39, 0.29) is 11.1 Å². The van der Waals surface area contributed by atoms with E-state index in [4.69, 9.17) is 19.4 Å². The fraction of sp³-hybridized carbons (Fsp3) is 0. The Morgan fingerprint density at radius 1 is 0.479 bits per heavy atom. The summed E-state index contributed by atoms with van der Waals surface area (Å²) in [5.74, 6) is 1.27. The van der Waals surface area contributed by atoms with Gasteiger partial charge in [-0.2, -0.15) is 10.5 Å². The van der Waals surface area contributed by atoms with Crippen molar-refractivity contribution in [3.8, 4) is 52.0 Å². The molecular weight excluding hydrogens is 592 g/mol. The molecule has 0 unspecified atom stereocenters. The Bertz CT molecular complexity index is 2740. The number of hydrogen-bond donors (Lipinski definition) is 0. The summed E-state index contributed by atoms with van der Waals surface area (Å²) < 4.78 is 8.29. The molecule has 0 spiro atoms. The van der Waals surface area contributed by atoms with Gasteiger partial charge in [0.05, 0.1) is 27.8 Å². The van der Waals surface area contributed by atoms with Crippen LogP contribution in [0.3, 0.4) is 0 Å². The molecule has 0 saturated heterocycles. The minimum absolute atomic E-state index is 0.194. The van der Waals surface area contributed by atoms with Crippen LogP contribution in [0.15, 0.2) is 138 Å². The van der Waals surface area contributed by atoms with E-state index in [1.165, 1.54) is 0 Å². The van der Waals surface area contributed by atoms with Crippen LogP contribution in [0.2, 0.25) is 0 Å². The highest BCUT2D eigenvalue weighted by Gasteiger charge is 2.24. The van der Waals surface area contributed by atoms with Crippen LogP contribution in [-0.2, 0) is 0 Å². The van der Waals surface area contributed by atoms with E-state index in [2.05, 4.69) is 28.8 Å². The molecule has 7 nitrogen and oxygen atoms in total. The summed E-state index contributed by atoms with van der Waals surface area (Å²) in [6.07, 6.45) is 0. The average molecular weight is 615 g/mol. The van der Waals surface area contributed by atoms with Crippen LogP contribution in [0.5, 0.6) is 0 Å². The molecule has 9 aromatic rings. The van der Waals surface area contributed by atoms with Gasteiger partial charge in [-0.15, -0.1) is 0 Å². The van der Waals surface area contributed by atoms with Crippen molar-refractivity contribution in [2.45, 2.75) is 0 Å². The number of nitrogens with zero attached hydrogens (tertiary/aromatic N) is 6. The van der Waals surface area contributed by atoms with Gasteiger partial charge in [0.25, 0.3) is 0 Å². The van der Waals surface area contributed by atoms with Crippen LogP contribution in [0, 0.1) is 22.7 Å². The lowest BCUT2D eigenvalue weighted by molar-refractivity contribution is 0.669. The summed E-state index contributed by atoms with van der Waals surface area (Å²) in [6, 6.07) is 47.8. The lowest BCUT2D eigenvalue weighted by atomic mass is 9.99. The van der Waals surface area contributed by atoms with Crippen LogP contribution in [0.4, 0.5) is 0 Å². The van der Waals surface area contributed by atoms with Crippen molar-refractivity contribution >= 4 is 43.7 Å². The van der Waals surface area contributed by atoms with Crippen molar-refractivity contribution in [3.05, 3.63) is 145 Å². The van der Waals surface area contributed by atoms with Crippen molar-refractivity contribution in [3.63, 3.8) is 0 Å². The topological polar surface area (TPSA) is 104 Å². The van der Waals surface area contributed by atoms with Crippen molar-refractivity contribution in [1.29, 1.82) is 10.5 Å². The zero-order chi connectivity index (χ0) is 32.2. The highest BCUT2D eigenvalue weighted by atomic mass is 16.3. The lowest BCUT2D eigenvalue weighted by Gasteiger charge is -2.14. The van der Waals surface area contributed by atoms with Gasteiger partial charge in [0.2, 0.25) is 0 Å². The number of furan rings is 1. The van der Waals surface area contributed by atoms with E-state index in [1.807, 2.05) is 121 Å². The molecule has 0 aliphatic rings. The Morgan fingerprint density at radius 3 is 1.77 bits per heavy atom. The molecule has 222 valence electrons. The number of hydrogen-bond acceptors (Lipinski definition) is 6. The Hall–Kier alpha value is -7.09. The first-order chi connectivity index (χ1) is 23.7. The summed E-state index contributed by atoms with van der Waals surface area (Å²) in [7, 11) is 0. The average Bonchev–Trinajstić information content (AvgIpc) is 3.70. The summed E-state index contributed by atoms with van der Waals surface area (Å²) in [5, 5.41) is 25.4. The highest BCUT2D eigenvalue weighted by Crippen LogP contribution is 2.42. The maximum absolute atomic E-state index is 10.7. The summed E-state index contributed by atoms with van der Waals surface area (Å²) in [5.41, 5.74) is 6.53. The molecule has 0 amide bonds. The molecule has 0 fully saturated rings. The summed E-state index contributed by atoms with van der Waals surface area (Å²) >= 11 is 0. The van der Waals surface area contributed by atoms with Crippen molar-refractivity contribution in [2.24, 2.45) is 0 Å². The zero-order valence-electron chi connectivity index (χ0n) is 25.3. The van der Waals surface area contributed by atoms with Crippen LogP contribution in [0.1, 0.15) is 11.1 Å². The molecule has 0 atom stereocenters. The van der Waals surface area contributed by atoms with E-state index in [9.17, 15) is 10.5 Å². The second-order valence-corrected chi connectivity index (χ2v) is 11.4. The second-order valence-electron chi connectivity index (χ2n) is 11.4. The molecule has 0 bridgehead atoms. The number of nitriles is 2. The molecular formula is C41H22N6O. The maximum Gasteiger partial charge on any atom is 0.165 e. The smallest absolute Gasteiger partial charge is 0.165 e. The van der Waals surface area contributed by atoms with E-state index in [0.717, 1.165) is 54.9 Å². The molecule has 7 heteroatoms. The third-order valence-electron chi connectivity index (χ3n) is 8.76. The van der Waals surface area contributed by atoms with Gasteiger partial charge >= 0.3 is 0 Å². The number of aromatic nitrogens is 4. The minimum Gasteiger partial charge on any atom is -0.456 e. The van der Waals surface area contributed by atoms with Crippen molar-refractivity contribution < 1.29 is 4.42 Å². The summed E-state index contributed by atoms with van der Waals surface area (Å²) in [6.45, 7) is 0. The van der Waals surface area contributed by atoms with Gasteiger partial charge in [0, 0.05) is 38.2 Å². The molecule has 48 heavy (non-hydrogen) atoms. The standard InChI is InChI=1S/C41H22N6O/c42-23-30-27(41-45-39(25-11-3-1-4-12-25)44-40(46-41)26-13-5-2-6-14-26)19-20-33(31(30)24-43)47-32-17-9-7-15-28(32)37-34(47)21-22-36-38(37)29-16-8-10-18-35(29)48-36/h1-22H. The van der Waals surface area contributed by atoms with Gasteiger partial charge in [-0.1, -0.05) is 97.1 Å². The molecule has 0 aliphatic heterocycles. The molecule has 0 N–H and O–H groups in total. The monoisotopic (exact) mass is 614 g/mol. The van der Waals surface area contributed by atoms with Crippen molar-refractivity contribution in [1.82, 2.24) is 19.5 Å². The molecule has 0 aliphatic carbocycles. The van der Waals surface area contributed by atoms with Crippen LogP contribution >= 0.6 is 0 Å². The van der Waals surface area contributed by atoms with E-state index in [0.29, 0.717) is 28.7 Å². The first-order valence-electron chi connectivity index (χ1n) is 15.4. The molecule has 3 heterocycles. The van der Waals surface area contributed by atoms with E-state index in [1.54, 1.807) is 0 Å². The number of para-hydroxylation sites is 2. The summed E-state index contributed by atoms with van der Waals surface area (Å²) in [4.78, 5) is 14.4. The van der Waals surface area contributed by atoms with Crippen molar-refractivity contribution in [2.75, 3.05) is 0 Å². The van der Waals surface area contributed by atoms with Gasteiger partial charge < -0.3 is 8.98 Å². The van der Waals surface area contributed by atoms with Gasteiger partial charge in [-0.3, -0.25) is 0 Å².